The molecule has 1 aliphatic heterocycles. The number of benzene rings is 1. The lowest BCUT2D eigenvalue weighted by molar-refractivity contribution is 0.566. The van der Waals surface area contributed by atoms with Gasteiger partial charge in [-0.05, 0) is 80.5 Å². The predicted octanol–water partition coefficient (Wildman–Crippen LogP) is 5.27. The average Bonchev–Trinajstić information content (AvgIpc) is 3.16. The number of hydrogen-bond acceptors (Lipinski definition) is 2. The van der Waals surface area contributed by atoms with Crippen molar-refractivity contribution in [3.63, 3.8) is 0 Å². The Kier molecular flexibility index (Phi) is 4.78. The molecule has 3 heterocycles. The smallest absolute Gasteiger partial charge is 0.174 e. The van der Waals surface area contributed by atoms with Crippen LogP contribution in [0.5, 0.6) is 0 Å². The molecule has 4 rings (SSSR count). The predicted molar refractivity (Wildman–Crippen MR) is 117 cm³/mol. The number of halogens is 1. The Balaban J connectivity index is 1.87. The first kappa shape index (κ1) is 18.2. The summed E-state index contributed by atoms with van der Waals surface area (Å²) in [5.74, 6) is 0. The molecule has 1 aromatic carbocycles. The molecular weight excluding hydrogens is 420 g/mol. The first-order chi connectivity index (χ1) is 13.0. The molecule has 2 aromatic heterocycles. The molecule has 0 amide bonds. The number of H-pyrrole nitrogens is 1. The van der Waals surface area contributed by atoms with Gasteiger partial charge in [-0.1, -0.05) is 22.0 Å². The topological polar surface area (TPSA) is 44.0 Å². The van der Waals surface area contributed by atoms with Gasteiger partial charge >= 0.3 is 0 Å². The van der Waals surface area contributed by atoms with Crippen LogP contribution in [0.15, 0.2) is 53.1 Å². The second-order valence-electron chi connectivity index (χ2n) is 6.96. The van der Waals surface area contributed by atoms with Crippen LogP contribution in [0.4, 0.5) is 5.69 Å². The van der Waals surface area contributed by atoms with Gasteiger partial charge in [0.05, 0.1) is 17.8 Å². The van der Waals surface area contributed by atoms with Crippen LogP contribution in [0, 0.1) is 20.8 Å². The van der Waals surface area contributed by atoms with Gasteiger partial charge in [0, 0.05) is 27.7 Å². The number of nitrogens with zero attached hydrogens (tertiary/aromatic N) is 2. The highest BCUT2D eigenvalue weighted by atomic mass is 79.9. The quantitative estimate of drug-likeness (QED) is 0.544. The Morgan fingerprint density at radius 2 is 1.93 bits per heavy atom. The molecule has 2 atom stereocenters. The summed E-state index contributed by atoms with van der Waals surface area (Å²) in [6.07, 6.45) is 1.83. The van der Waals surface area contributed by atoms with Gasteiger partial charge in [-0.2, -0.15) is 0 Å². The molecule has 1 saturated heterocycles. The van der Waals surface area contributed by atoms with Crippen molar-refractivity contribution in [1.82, 2.24) is 15.3 Å². The number of aromatic amines is 1. The maximum atomic E-state index is 5.77. The number of pyridine rings is 1. The van der Waals surface area contributed by atoms with Crippen LogP contribution in [0.25, 0.3) is 0 Å². The third kappa shape index (κ3) is 3.28. The molecule has 2 N–H and O–H groups in total. The van der Waals surface area contributed by atoms with E-state index in [1.165, 1.54) is 11.1 Å². The van der Waals surface area contributed by atoms with Crippen LogP contribution in [0.1, 0.15) is 40.3 Å². The van der Waals surface area contributed by atoms with E-state index < -0.39 is 0 Å². The summed E-state index contributed by atoms with van der Waals surface area (Å²) in [5, 5.41) is 4.23. The molecule has 1 aliphatic rings. The molecule has 138 valence electrons. The van der Waals surface area contributed by atoms with Gasteiger partial charge in [0.1, 0.15) is 0 Å². The summed E-state index contributed by atoms with van der Waals surface area (Å²) in [5.41, 5.74) is 6.78. The summed E-state index contributed by atoms with van der Waals surface area (Å²) in [6, 6.07) is 14.6. The minimum Gasteiger partial charge on any atom is -0.362 e. The number of nitrogens with one attached hydrogen (secondary N) is 2. The van der Waals surface area contributed by atoms with Crippen molar-refractivity contribution >= 4 is 38.9 Å². The molecule has 0 bridgehead atoms. The third-order valence-electron chi connectivity index (χ3n) is 5.03. The summed E-state index contributed by atoms with van der Waals surface area (Å²) in [7, 11) is 0. The summed E-state index contributed by atoms with van der Waals surface area (Å²) >= 11 is 9.36. The zero-order valence-electron chi connectivity index (χ0n) is 15.5. The maximum absolute atomic E-state index is 5.77. The Bertz CT molecular complexity index is 999. The van der Waals surface area contributed by atoms with Crippen molar-refractivity contribution < 1.29 is 0 Å². The third-order valence-corrected chi connectivity index (χ3v) is 6.23. The fraction of sp³-hybridized carbons (Fsp3) is 0.238. The molecule has 4 nitrogen and oxygen atoms in total. The Morgan fingerprint density at radius 3 is 2.56 bits per heavy atom. The van der Waals surface area contributed by atoms with Gasteiger partial charge in [0.25, 0.3) is 0 Å². The number of thiocarbonyl (C=S) groups is 1. The first-order valence-corrected chi connectivity index (χ1v) is 10.1. The molecular formula is C21H21BrN4S. The molecule has 27 heavy (non-hydrogen) atoms. The second-order valence-corrected chi connectivity index (χ2v) is 8.20. The van der Waals surface area contributed by atoms with E-state index >= 15 is 0 Å². The van der Waals surface area contributed by atoms with Gasteiger partial charge in [-0.15, -0.1) is 0 Å². The number of aryl methyl sites for hydroxylation is 3. The highest BCUT2D eigenvalue weighted by molar-refractivity contribution is 9.10. The zero-order chi connectivity index (χ0) is 19.1. The summed E-state index contributed by atoms with van der Waals surface area (Å²) < 4.78 is 1.09. The number of rotatable bonds is 3. The lowest BCUT2D eigenvalue weighted by Gasteiger charge is -2.28. The molecule has 3 aromatic rings. The van der Waals surface area contributed by atoms with Crippen LogP contribution in [-0.2, 0) is 0 Å². The fourth-order valence-corrected chi connectivity index (χ4v) is 4.37. The maximum Gasteiger partial charge on any atom is 0.174 e. The summed E-state index contributed by atoms with van der Waals surface area (Å²) in [4.78, 5) is 10.3. The van der Waals surface area contributed by atoms with Crippen molar-refractivity contribution in [3.8, 4) is 0 Å². The normalized spacial score (nSPS) is 19.4. The van der Waals surface area contributed by atoms with Gasteiger partial charge in [0.15, 0.2) is 5.11 Å². The first-order valence-electron chi connectivity index (χ1n) is 8.88. The fourth-order valence-electron chi connectivity index (χ4n) is 3.78. The zero-order valence-corrected chi connectivity index (χ0v) is 17.9. The van der Waals surface area contributed by atoms with Crippen molar-refractivity contribution in [1.29, 1.82) is 0 Å². The van der Waals surface area contributed by atoms with Crippen molar-refractivity contribution in [3.05, 3.63) is 81.3 Å². The van der Waals surface area contributed by atoms with E-state index in [2.05, 4.69) is 87.2 Å². The number of anilines is 1. The average molecular weight is 441 g/mol. The molecule has 6 heteroatoms. The SMILES string of the molecule is Cc1cc(C2C(c3ccccn3)NC(=S)N2c2ccc(Br)c(C)c2)c(C)[nH]1. The van der Waals surface area contributed by atoms with E-state index in [4.69, 9.17) is 12.2 Å². The van der Waals surface area contributed by atoms with E-state index in [9.17, 15) is 0 Å². The minimum absolute atomic E-state index is 0.0171. The summed E-state index contributed by atoms with van der Waals surface area (Å²) in [6.45, 7) is 6.29. The Hall–Kier alpha value is -2.18. The second kappa shape index (κ2) is 7.09. The lowest BCUT2D eigenvalue weighted by atomic mass is 9.96. The van der Waals surface area contributed by atoms with E-state index in [0.29, 0.717) is 0 Å². The Labute approximate surface area is 173 Å². The molecule has 1 fully saturated rings. The van der Waals surface area contributed by atoms with Crippen molar-refractivity contribution in [2.24, 2.45) is 0 Å². The number of aromatic nitrogens is 2. The van der Waals surface area contributed by atoms with Crippen molar-refractivity contribution in [2.75, 3.05) is 4.90 Å². The van der Waals surface area contributed by atoms with Gasteiger partial charge in [-0.3, -0.25) is 4.98 Å². The van der Waals surface area contributed by atoms with Gasteiger partial charge in [0.2, 0.25) is 0 Å². The van der Waals surface area contributed by atoms with E-state index in [1.807, 2.05) is 18.3 Å². The molecule has 0 spiro atoms. The highest BCUT2D eigenvalue weighted by Gasteiger charge is 2.41. The largest absolute Gasteiger partial charge is 0.362 e. The van der Waals surface area contributed by atoms with Crippen molar-refractivity contribution in [2.45, 2.75) is 32.9 Å². The minimum atomic E-state index is -0.0171. The molecule has 0 radical (unpaired) electrons. The van der Waals surface area contributed by atoms with E-state index in [-0.39, 0.29) is 12.1 Å². The molecule has 2 unspecified atom stereocenters. The highest BCUT2D eigenvalue weighted by Crippen LogP contribution is 2.43. The van der Waals surface area contributed by atoms with Crippen LogP contribution >= 0.6 is 28.1 Å². The molecule has 0 saturated carbocycles. The lowest BCUT2D eigenvalue weighted by Crippen LogP contribution is -2.29. The monoisotopic (exact) mass is 440 g/mol. The van der Waals surface area contributed by atoms with Gasteiger partial charge < -0.3 is 15.2 Å². The van der Waals surface area contributed by atoms with E-state index in [0.717, 1.165) is 32.4 Å². The Morgan fingerprint density at radius 1 is 1.11 bits per heavy atom. The van der Waals surface area contributed by atoms with Crippen LogP contribution in [0.3, 0.4) is 0 Å². The van der Waals surface area contributed by atoms with E-state index in [1.54, 1.807) is 0 Å². The number of hydrogen-bond donors (Lipinski definition) is 2. The van der Waals surface area contributed by atoms with Crippen LogP contribution in [0.2, 0.25) is 0 Å². The standard InChI is InChI=1S/C21H21BrN4S/c1-12-10-15(7-8-17(12)22)26-20(16-11-13(2)24-14(16)3)19(25-21(26)27)18-6-4-5-9-23-18/h4-11,19-20,24H,1-3H3,(H,25,27). The molecule has 0 aliphatic carbocycles. The van der Waals surface area contributed by atoms with Gasteiger partial charge in [-0.25, -0.2) is 0 Å². The van der Waals surface area contributed by atoms with Crippen LogP contribution in [-0.4, -0.2) is 15.1 Å². The van der Waals surface area contributed by atoms with Crippen LogP contribution < -0.4 is 10.2 Å².